The fraction of sp³-hybridized carbons (Fsp3) is 0.424. The molecule has 38 heavy (non-hydrogen) atoms. The van der Waals surface area contributed by atoms with Gasteiger partial charge in [-0.05, 0) is 81.1 Å². The summed E-state index contributed by atoms with van der Waals surface area (Å²) in [7, 11) is 0. The van der Waals surface area contributed by atoms with E-state index in [0.29, 0.717) is 55.0 Å². The minimum Gasteiger partial charge on any atom is -0.300 e. The van der Waals surface area contributed by atoms with E-state index in [0.717, 1.165) is 30.4 Å². The average Bonchev–Trinajstić information content (AvgIpc) is 3.10. The largest absolute Gasteiger partial charge is 0.300 e. The monoisotopic (exact) mass is 519 g/mol. The van der Waals surface area contributed by atoms with Gasteiger partial charge in [0.25, 0.3) is 5.92 Å². The Hall–Kier alpha value is -3.21. The fourth-order valence-electron chi connectivity index (χ4n) is 5.16. The van der Waals surface area contributed by atoms with Gasteiger partial charge in [-0.15, -0.1) is 0 Å². The molecule has 0 amide bonds. The maximum Gasteiger partial charge on any atom is 0.292 e. The zero-order chi connectivity index (χ0) is 27.9. The molecule has 0 aliphatic heterocycles. The molecule has 0 saturated heterocycles. The lowest BCUT2D eigenvalue weighted by Gasteiger charge is -2.20. The van der Waals surface area contributed by atoms with Crippen LogP contribution < -0.4 is 0 Å². The van der Waals surface area contributed by atoms with Crippen LogP contribution in [0.25, 0.3) is 11.1 Å². The minimum atomic E-state index is -3.20. The standard InChI is InChI=1S/C33H39F2NO2/c1-6-33(34,35)30-13-8-7-12-29(30)27-20-26(19-25-10-9-11-28(37)16-15-25)32(36-21-27)31(38)17-14-23(4)24(5)18-22(2)3/h6-8,12-13,18,20-21,23,25H,1-2,9-11,14-17,19H2,3-5H3/b24-18+. The van der Waals surface area contributed by atoms with Crippen molar-refractivity contribution in [1.82, 2.24) is 4.98 Å². The SMILES string of the molecule is C=CC(F)(F)c1ccccc1-c1cnc(C(=O)CCC(C)/C(C)=C/C(=C)C)c(CC2CCCC(=O)CC2)c1. The lowest BCUT2D eigenvalue weighted by molar-refractivity contribution is -0.118. The normalized spacial score (nSPS) is 17.6. The van der Waals surface area contributed by atoms with Gasteiger partial charge in [0.1, 0.15) is 11.5 Å². The molecule has 1 aromatic heterocycles. The van der Waals surface area contributed by atoms with Crippen molar-refractivity contribution in [3.8, 4) is 11.1 Å². The van der Waals surface area contributed by atoms with E-state index >= 15 is 0 Å². The van der Waals surface area contributed by atoms with Crippen LogP contribution in [0.4, 0.5) is 8.78 Å². The average molecular weight is 520 g/mol. The van der Waals surface area contributed by atoms with Crippen molar-refractivity contribution in [3.63, 3.8) is 0 Å². The number of ketones is 2. The van der Waals surface area contributed by atoms with Crippen molar-refractivity contribution in [2.45, 2.75) is 78.1 Å². The fourth-order valence-corrected chi connectivity index (χ4v) is 5.16. The Morgan fingerprint density at radius 1 is 1.21 bits per heavy atom. The third-order valence-corrected chi connectivity index (χ3v) is 7.55. The lowest BCUT2D eigenvalue weighted by Crippen LogP contribution is -2.14. The highest BCUT2D eigenvalue weighted by atomic mass is 19.3. The predicted molar refractivity (Wildman–Crippen MR) is 150 cm³/mol. The topological polar surface area (TPSA) is 47.0 Å². The third kappa shape index (κ3) is 7.66. The molecule has 1 heterocycles. The van der Waals surface area contributed by atoms with Crippen LogP contribution in [0.1, 0.15) is 87.3 Å². The van der Waals surface area contributed by atoms with E-state index in [9.17, 15) is 18.4 Å². The Morgan fingerprint density at radius 2 is 1.95 bits per heavy atom. The minimum absolute atomic E-state index is 0.0454. The summed E-state index contributed by atoms with van der Waals surface area (Å²) in [5.74, 6) is -2.49. The summed E-state index contributed by atoms with van der Waals surface area (Å²) in [6.45, 7) is 13.3. The number of Topliss-reactive ketones (excluding diaryl/α,β-unsaturated/α-hetero) is 2. The van der Waals surface area contributed by atoms with Crippen LogP contribution in [0.15, 0.2) is 73.0 Å². The highest BCUT2D eigenvalue weighted by molar-refractivity contribution is 5.96. The molecule has 2 aromatic rings. The molecule has 0 radical (unpaired) electrons. The van der Waals surface area contributed by atoms with Crippen molar-refractivity contribution >= 4 is 11.6 Å². The molecular formula is C33H39F2NO2. The van der Waals surface area contributed by atoms with Crippen LogP contribution in [0, 0.1) is 11.8 Å². The number of alkyl halides is 2. The number of hydrogen-bond donors (Lipinski definition) is 0. The first-order valence-electron chi connectivity index (χ1n) is 13.5. The molecule has 0 N–H and O–H groups in total. The van der Waals surface area contributed by atoms with E-state index in [1.54, 1.807) is 18.2 Å². The van der Waals surface area contributed by atoms with Crippen molar-refractivity contribution < 1.29 is 18.4 Å². The summed E-state index contributed by atoms with van der Waals surface area (Å²) < 4.78 is 29.4. The summed E-state index contributed by atoms with van der Waals surface area (Å²) >= 11 is 0. The van der Waals surface area contributed by atoms with Crippen molar-refractivity contribution in [2.75, 3.05) is 0 Å². The number of carbonyl (C=O) groups excluding carboxylic acids is 2. The van der Waals surface area contributed by atoms with Crippen LogP contribution >= 0.6 is 0 Å². The molecule has 202 valence electrons. The summed E-state index contributed by atoms with van der Waals surface area (Å²) in [6.07, 6.45) is 9.48. The second kappa shape index (κ2) is 13.0. The van der Waals surface area contributed by atoms with Crippen LogP contribution in [0.5, 0.6) is 0 Å². The van der Waals surface area contributed by atoms with Gasteiger partial charge >= 0.3 is 0 Å². The number of allylic oxidation sites excluding steroid dienone is 4. The van der Waals surface area contributed by atoms with Crippen molar-refractivity contribution in [1.29, 1.82) is 0 Å². The van der Waals surface area contributed by atoms with Gasteiger partial charge in [-0.25, -0.2) is 0 Å². The van der Waals surface area contributed by atoms with Crippen LogP contribution in [0.3, 0.4) is 0 Å². The van der Waals surface area contributed by atoms with Crippen LogP contribution in [-0.4, -0.2) is 16.6 Å². The number of aromatic nitrogens is 1. The van der Waals surface area contributed by atoms with Gasteiger partial charge < -0.3 is 0 Å². The second-order valence-corrected chi connectivity index (χ2v) is 10.7. The summed E-state index contributed by atoms with van der Waals surface area (Å²) in [4.78, 5) is 29.9. The zero-order valence-electron chi connectivity index (χ0n) is 22.9. The molecule has 2 atom stereocenters. The number of halogens is 2. The molecule has 1 saturated carbocycles. The zero-order valence-corrected chi connectivity index (χ0v) is 22.9. The summed E-state index contributed by atoms with van der Waals surface area (Å²) in [5, 5.41) is 0. The third-order valence-electron chi connectivity index (χ3n) is 7.55. The lowest BCUT2D eigenvalue weighted by atomic mass is 9.87. The van der Waals surface area contributed by atoms with Gasteiger partial charge in [-0.2, -0.15) is 8.78 Å². The smallest absolute Gasteiger partial charge is 0.292 e. The van der Waals surface area contributed by atoms with Gasteiger partial charge in [-0.3, -0.25) is 14.6 Å². The molecule has 3 rings (SSSR count). The maximum atomic E-state index is 14.7. The van der Waals surface area contributed by atoms with E-state index in [1.807, 2.05) is 26.0 Å². The van der Waals surface area contributed by atoms with E-state index in [2.05, 4.69) is 25.1 Å². The predicted octanol–water partition coefficient (Wildman–Crippen LogP) is 8.84. The van der Waals surface area contributed by atoms with Gasteiger partial charge in [0.05, 0.1) is 0 Å². The highest BCUT2D eigenvalue weighted by Gasteiger charge is 2.30. The van der Waals surface area contributed by atoms with E-state index in [1.165, 1.54) is 17.8 Å². The first-order valence-corrected chi connectivity index (χ1v) is 13.5. The molecule has 3 nitrogen and oxygen atoms in total. The number of carbonyl (C=O) groups is 2. The molecule has 0 spiro atoms. The van der Waals surface area contributed by atoms with E-state index in [4.69, 9.17) is 0 Å². The van der Waals surface area contributed by atoms with Gasteiger partial charge in [0.2, 0.25) is 0 Å². The van der Waals surface area contributed by atoms with Gasteiger partial charge in [0, 0.05) is 36.6 Å². The quantitative estimate of drug-likeness (QED) is 0.129. The Kier molecular flexibility index (Phi) is 10.1. The molecule has 1 aliphatic carbocycles. The molecule has 1 aliphatic rings. The number of hydrogen-bond acceptors (Lipinski definition) is 3. The van der Waals surface area contributed by atoms with Crippen molar-refractivity contribution in [2.24, 2.45) is 11.8 Å². The number of pyridine rings is 1. The first kappa shape index (κ1) is 29.3. The Bertz CT molecular complexity index is 1230. The number of rotatable bonds is 11. The van der Waals surface area contributed by atoms with Crippen molar-refractivity contribution in [3.05, 3.63) is 89.8 Å². The van der Waals surface area contributed by atoms with Crippen LogP contribution in [-0.2, 0) is 17.1 Å². The molecule has 5 heteroatoms. The summed E-state index contributed by atoms with van der Waals surface area (Å²) in [6, 6.07) is 8.19. The Labute approximate surface area is 225 Å². The molecule has 1 fully saturated rings. The Balaban J connectivity index is 1.96. The Morgan fingerprint density at radius 3 is 2.66 bits per heavy atom. The van der Waals surface area contributed by atoms with E-state index < -0.39 is 5.92 Å². The molecule has 1 aromatic carbocycles. The van der Waals surface area contributed by atoms with Crippen LogP contribution in [0.2, 0.25) is 0 Å². The molecule has 0 bridgehead atoms. The molecular weight excluding hydrogens is 480 g/mol. The second-order valence-electron chi connectivity index (χ2n) is 10.7. The van der Waals surface area contributed by atoms with E-state index in [-0.39, 0.29) is 29.0 Å². The molecule has 2 unspecified atom stereocenters. The number of benzene rings is 1. The highest BCUT2D eigenvalue weighted by Crippen LogP contribution is 2.37. The maximum absolute atomic E-state index is 14.7. The number of nitrogens with zero attached hydrogens (tertiary/aromatic N) is 1. The van der Waals surface area contributed by atoms with Gasteiger partial charge in [-0.1, -0.05) is 61.6 Å². The van der Waals surface area contributed by atoms with Gasteiger partial charge in [0.15, 0.2) is 5.78 Å². The summed E-state index contributed by atoms with van der Waals surface area (Å²) in [5.41, 5.74) is 4.11. The first-order chi connectivity index (χ1) is 18.0.